The molecular formula is C10H18N2O2. The predicted octanol–water partition coefficient (Wildman–Crippen LogP) is -0.103. The van der Waals surface area contributed by atoms with E-state index in [9.17, 15) is 9.90 Å². The van der Waals surface area contributed by atoms with Crippen LogP contribution in [0.25, 0.3) is 0 Å². The van der Waals surface area contributed by atoms with E-state index in [1.54, 1.807) is 0 Å². The van der Waals surface area contributed by atoms with Gasteiger partial charge in [0.2, 0.25) is 5.91 Å². The molecule has 14 heavy (non-hydrogen) atoms. The maximum Gasteiger partial charge on any atom is 0.240 e. The maximum atomic E-state index is 11.6. The molecule has 0 aromatic rings. The van der Waals surface area contributed by atoms with Crippen LogP contribution in [0.1, 0.15) is 38.5 Å². The molecule has 4 heteroatoms. The van der Waals surface area contributed by atoms with Crippen molar-refractivity contribution in [3.63, 3.8) is 0 Å². The summed E-state index contributed by atoms with van der Waals surface area (Å²) < 4.78 is 0. The van der Waals surface area contributed by atoms with Crippen LogP contribution in [0.2, 0.25) is 0 Å². The van der Waals surface area contributed by atoms with E-state index in [0.29, 0.717) is 0 Å². The molecule has 2 saturated carbocycles. The van der Waals surface area contributed by atoms with Crippen molar-refractivity contribution in [3.8, 4) is 0 Å². The maximum absolute atomic E-state index is 11.6. The van der Waals surface area contributed by atoms with Crippen molar-refractivity contribution in [2.45, 2.75) is 56.2 Å². The molecule has 0 aromatic carbocycles. The van der Waals surface area contributed by atoms with Crippen LogP contribution in [-0.4, -0.2) is 28.7 Å². The summed E-state index contributed by atoms with van der Waals surface area (Å²) >= 11 is 0. The van der Waals surface area contributed by atoms with Crippen LogP contribution in [0.4, 0.5) is 0 Å². The van der Waals surface area contributed by atoms with Crippen LogP contribution >= 0.6 is 0 Å². The molecule has 0 bridgehead atoms. The molecule has 4 N–H and O–H groups in total. The third kappa shape index (κ3) is 2.07. The highest BCUT2D eigenvalue weighted by Crippen LogP contribution is 2.32. The Hall–Kier alpha value is -0.610. The smallest absolute Gasteiger partial charge is 0.240 e. The molecule has 0 unspecified atom stereocenters. The van der Waals surface area contributed by atoms with Crippen LogP contribution in [0.3, 0.4) is 0 Å². The minimum Gasteiger partial charge on any atom is -0.393 e. The van der Waals surface area contributed by atoms with Gasteiger partial charge in [-0.1, -0.05) is 0 Å². The van der Waals surface area contributed by atoms with Crippen LogP contribution in [-0.2, 0) is 4.79 Å². The van der Waals surface area contributed by atoms with Gasteiger partial charge in [-0.15, -0.1) is 0 Å². The van der Waals surface area contributed by atoms with Gasteiger partial charge >= 0.3 is 0 Å². The monoisotopic (exact) mass is 198 g/mol. The summed E-state index contributed by atoms with van der Waals surface area (Å²) in [5.41, 5.74) is 5.21. The molecule has 0 atom stereocenters. The van der Waals surface area contributed by atoms with Crippen LogP contribution in [0, 0.1) is 0 Å². The van der Waals surface area contributed by atoms with Crippen LogP contribution < -0.4 is 11.1 Å². The van der Waals surface area contributed by atoms with E-state index >= 15 is 0 Å². The zero-order valence-corrected chi connectivity index (χ0v) is 8.33. The normalized spacial score (nSPS) is 35.0. The van der Waals surface area contributed by atoms with E-state index in [2.05, 4.69) is 5.32 Å². The molecule has 0 saturated heterocycles. The lowest BCUT2D eigenvalue weighted by atomic mass is 9.93. The average Bonchev–Trinajstić information content (AvgIpc) is 2.89. The molecule has 0 heterocycles. The van der Waals surface area contributed by atoms with Crippen molar-refractivity contribution in [1.82, 2.24) is 5.32 Å². The summed E-state index contributed by atoms with van der Waals surface area (Å²) in [6.45, 7) is 0. The Labute approximate surface area is 83.9 Å². The van der Waals surface area contributed by atoms with Crippen molar-refractivity contribution in [2.75, 3.05) is 0 Å². The first-order valence-corrected chi connectivity index (χ1v) is 5.38. The topological polar surface area (TPSA) is 75.4 Å². The molecular weight excluding hydrogens is 180 g/mol. The molecule has 2 aliphatic carbocycles. The zero-order valence-electron chi connectivity index (χ0n) is 8.33. The number of hydrogen-bond acceptors (Lipinski definition) is 3. The van der Waals surface area contributed by atoms with E-state index in [0.717, 1.165) is 38.5 Å². The fraction of sp³-hybridized carbons (Fsp3) is 0.900. The summed E-state index contributed by atoms with van der Waals surface area (Å²) in [4.78, 5) is 11.6. The summed E-state index contributed by atoms with van der Waals surface area (Å²) in [5, 5.41) is 12.3. The molecule has 1 amide bonds. The second-order valence-corrected chi connectivity index (χ2v) is 4.64. The highest BCUT2D eigenvalue weighted by atomic mass is 16.3. The van der Waals surface area contributed by atoms with Crippen LogP contribution in [0.15, 0.2) is 0 Å². The summed E-state index contributed by atoms with van der Waals surface area (Å²) in [6.07, 6.45) is 4.80. The average molecular weight is 198 g/mol. The second-order valence-electron chi connectivity index (χ2n) is 4.64. The molecule has 0 aromatic heterocycles. The Bertz CT molecular complexity index is 230. The number of nitrogens with two attached hydrogens (primary N) is 1. The lowest BCUT2D eigenvalue weighted by molar-refractivity contribution is -0.124. The Balaban J connectivity index is 1.78. The van der Waals surface area contributed by atoms with E-state index in [-0.39, 0.29) is 18.1 Å². The van der Waals surface area contributed by atoms with Gasteiger partial charge < -0.3 is 16.2 Å². The minimum atomic E-state index is -0.559. The quantitative estimate of drug-likeness (QED) is 0.580. The first-order valence-electron chi connectivity index (χ1n) is 5.38. The van der Waals surface area contributed by atoms with E-state index in [4.69, 9.17) is 5.73 Å². The van der Waals surface area contributed by atoms with E-state index in [1.165, 1.54) is 0 Å². The molecule has 4 nitrogen and oxygen atoms in total. The first-order chi connectivity index (χ1) is 6.60. The number of nitrogens with one attached hydrogen (secondary N) is 1. The van der Waals surface area contributed by atoms with Crippen molar-refractivity contribution in [3.05, 3.63) is 0 Å². The third-order valence-electron chi connectivity index (χ3n) is 3.27. The zero-order chi connectivity index (χ0) is 10.2. The largest absolute Gasteiger partial charge is 0.393 e. The number of amides is 1. The molecule has 80 valence electrons. The number of rotatable bonds is 2. The summed E-state index contributed by atoms with van der Waals surface area (Å²) in [5.74, 6) is -0.00103. The Morgan fingerprint density at radius 2 is 1.86 bits per heavy atom. The van der Waals surface area contributed by atoms with Gasteiger partial charge in [-0.05, 0) is 38.5 Å². The Kier molecular flexibility index (Phi) is 2.49. The fourth-order valence-corrected chi connectivity index (χ4v) is 1.91. The van der Waals surface area contributed by atoms with Crippen molar-refractivity contribution < 1.29 is 9.90 Å². The van der Waals surface area contributed by atoms with Gasteiger partial charge in [-0.2, -0.15) is 0 Å². The Morgan fingerprint density at radius 1 is 1.29 bits per heavy atom. The number of carbonyl (C=O) groups is 1. The molecule has 2 rings (SSSR count). The predicted molar refractivity (Wildman–Crippen MR) is 52.6 cm³/mol. The van der Waals surface area contributed by atoms with E-state index < -0.39 is 5.54 Å². The van der Waals surface area contributed by atoms with Gasteiger partial charge in [0.1, 0.15) is 0 Å². The molecule has 0 spiro atoms. The molecule has 0 radical (unpaired) electrons. The lowest BCUT2D eigenvalue weighted by Gasteiger charge is -2.27. The first kappa shape index (κ1) is 9.93. The van der Waals surface area contributed by atoms with Crippen molar-refractivity contribution in [1.29, 1.82) is 0 Å². The SMILES string of the molecule is NC1(C(=O)NC2CCC(O)CC2)CC1. The molecule has 0 aliphatic heterocycles. The molecule has 2 aliphatic rings. The highest BCUT2D eigenvalue weighted by molar-refractivity contribution is 5.89. The molecule has 2 fully saturated rings. The number of hydrogen-bond donors (Lipinski definition) is 3. The van der Waals surface area contributed by atoms with Gasteiger partial charge in [-0.25, -0.2) is 0 Å². The minimum absolute atomic E-state index is 0.00103. The van der Waals surface area contributed by atoms with Crippen LogP contribution in [0.5, 0.6) is 0 Å². The van der Waals surface area contributed by atoms with Gasteiger partial charge in [0.25, 0.3) is 0 Å². The van der Waals surface area contributed by atoms with Gasteiger partial charge in [0, 0.05) is 6.04 Å². The van der Waals surface area contributed by atoms with Crippen molar-refractivity contribution >= 4 is 5.91 Å². The lowest BCUT2D eigenvalue weighted by Crippen LogP contribution is -2.48. The summed E-state index contributed by atoms with van der Waals surface area (Å²) in [6, 6.07) is 0.229. The Morgan fingerprint density at radius 3 is 2.36 bits per heavy atom. The summed E-state index contributed by atoms with van der Waals surface area (Å²) in [7, 11) is 0. The standard InChI is InChI=1S/C10H18N2O2/c11-10(5-6-10)9(14)12-7-1-3-8(13)4-2-7/h7-8,13H,1-6,11H2,(H,12,14). The van der Waals surface area contributed by atoms with Gasteiger partial charge in [0.05, 0.1) is 11.6 Å². The number of aliphatic hydroxyl groups is 1. The number of aliphatic hydroxyl groups excluding tert-OH is 1. The second kappa shape index (κ2) is 3.51. The highest BCUT2D eigenvalue weighted by Gasteiger charge is 2.46. The van der Waals surface area contributed by atoms with E-state index in [1.807, 2.05) is 0 Å². The van der Waals surface area contributed by atoms with Gasteiger partial charge in [-0.3, -0.25) is 4.79 Å². The number of carbonyl (C=O) groups excluding carboxylic acids is 1. The fourth-order valence-electron chi connectivity index (χ4n) is 1.91. The third-order valence-corrected chi connectivity index (χ3v) is 3.27. The van der Waals surface area contributed by atoms with Crippen molar-refractivity contribution in [2.24, 2.45) is 5.73 Å². The van der Waals surface area contributed by atoms with Gasteiger partial charge in [0.15, 0.2) is 0 Å².